The Labute approximate surface area is 209 Å². The standard InChI is InChI=1S/C25H30N8O3/c1-16(2)25(3,19-7-8-21(27-13-19)17-10-28-24(26)29-11-17)23-31-22(36-32-23)18-12-30-33(14-18)15-20(34)6-5-9-35-4/h7-8,10-14,16H,5-6,9,15H2,1-4H3,(H2,26,28,29)/t25-/m1/s1. The lowest BCUT2D eigenvalue weighted by Crippen LogP contribution is -2.31. The minimum atomic E-state index is -0.557. The summed E-state index contributed by atoms with van der Waals surface area (Å²) in [6.45, 7) is 7.02. The number of ether oxygens (including phenoxy) is 1. The number of pyridine rings is 1. The maximum atomic E-state index is 12.1. The van der Waals surface area contributed by atoms with Gasteiger partial charge in [0.25, 0.3) is 5.89 Å². The van der Waals surface area contributed by atoms with E-state index in [1.807, 2.05) is 18.3 Å². The molecule has 0 aromatic carbocycles. The molecule has 11 heteroatoms. The lowest BCUT2D eigenvalue weighted by atomic mass is 9.73. The van der Waals surface area contributed by atoms with Crippen molar-refractivity contribution in [1.82, 2.24) is 34.9 Å². The average Bonchev–Trinajstić information content (AvgIpc) is 3.54. The highest BCUT2D eigenvalue weighted by Gasteiger charge is 2.38. The number of nitrogens with two attached hydrogens (primary N) is 1. The van der Waals surface area contributed by atoms with E-state index in [1.165, 1.54) is 0 Å². The Hall–Kier alpha value is -3.99. The molecule has 0 saturated heterocycles. The van der Waals surface area contributed by atoms with Gasteiger partial charge in [0, 0.05) is 50.5 Å². The molecule has 2 N–H and O–H groups in total. The van der Waals surface area contributed by atoms with Crippen molar-refractivity contribution in [2.24, 2.45) is 5.92 Å². The summed E-state index contributed by atoms with van der Waals surface area (Å²) in [5, 5.41) is 8.59. The normalized spacial score (nSPS) is 13.1. The highest BCUT2D eigenvalue weighted by Crippen LogP contribution is 2.38. The molecular formula is C25H30N8O3. The second-order valence-corrected chi connectivity index (χ2v) is 9.10. The first-order valence-corrected chi connectivity index (χ1v) is 11.7. The zero-order valence-corrected chi connectivity index (χ0v) is 20.9. The van der Waals surface area contributed by atoms with E-state index < -0.39 is 5.41 Å². The molecule has 0 aliphatic rings. The molecule has 0 amide bonds. The van der Waals surface area contributed by atoms with Gasteiger partial charge in [-0.25, -0.2) is 9.97 Å². The van der Waals surface area contributed by atoms with Crippen molar-refractivity contribution < 1.29 is 14.1 Å². The molecule has 0 aliphatic carbocycles. The maximum absolute atomic E-state index is 12.1. The zero-order chi connectivity index (χ0) is 25.7. The number of aromatic nitrogens is 7. The van der Waals surface area contributed by atoms with Gasteiger partial charge in [0.2, 0.25) is 5.95 Å². The van der Waals surface area contributed by atoms with Crippen LogP contribution in [0.4, 0.5) is 5.95 Å². The van der Waals surface area contributed by atoms with E-state index in [-0.39, 0.29) is 24.2 Å². The third-order valence-corrected chi connectivity index (χ3v) is 6.40. The van der Waals surface area contributed by atoms with Gasteiger partial charge >= 0.3 is 0 Å². The molecule has 0 unspecified atom stereocenters. The van der Waals surface area contributed by atoms with Crippen LogP contribution in [0.15, 0.2) is 47.6 Å². The molecule has 0 saturated carbocycles. The molecule has 0 radical (unpaired) electrons. The average molecular weight is 491 g/mol. The SMILES string of the molecule is COCCCC(=O)Cn1cc(-c2nc([C@@](C)(c3ccc(-c4cnc(N)nc4)nc3)C(C)C)no2)cn1. The van der Waals surface area contributed by atoms with Crippen molar-refractivity contribution >= 4 is 11.7 Å². The Bertz CT molecular complexity index is 1300. The van der Waals surface area contributed by atoms with Crippen LogP contribution in [0.2, 0.25) is 0 Å². The van der Waals surface area contributed by atoms with Crippen molar-refractivity contribution in [2.45, 2.75) is 45.6 Å². The maximum Gasteiger partial charge on any atom is 0.261 e. The van der Waals surface area contributed by atoms with E-state index in [9.17, 15) is 4.79 Å². The van der Waals surface area contributed by atoms with Gasteiger partial charge in [0.05, 0.1) is 29.4 Å². The first-order valence-electron chi connectivity index (χ1n) is 11.7. The highest BCUT2D eigenvalue weighted by atomic mass is 16.5. The van der Waals surface area contributed by atoms with Gasteiger partial charge in [-0.3, -0.25) is 14.5 Å². The lowest BCUT2D eigenvalue weighted by Gasteiger charge is -2.30. The first-order chi connectivity index (χ1) is 17.3. The van der Waals surface area contributed by atoms with Gasteiger partial charge in [-0.15, -0.1) is 0 Å². The van der Waals surface area contributed by atoms with Gasteiger partial charge in [0.15, 0.2) is 11.6 Å². The summed E-state index contributed by atoms with van der Waals surface area (Å²) >= 11 is 0. The summed E-state index contributed by atoms with van der Waals surface area (Å²) in [6, 6.07) is 3.92. The van der Waals surface area contributed by atoms with Crippen molar-refractivity contribution in [3.05, 3.63) is 54.5 Å². The van der Waals surface area contributed by atoms with Gasteiger partial charge in [-0.05, 0) is 30.9 Å². The van der Waals surface area contributed by atoms with Crippen LogP contribution in [-0.2, 0) is 21.5 Å². The fourth-order valence-corrected chi connectivity index (χ4v) is 3.85. The summed E-state index contributed by atoms with van der Waals surface area (Å²) < 4.78 is 12.2. The topological polar surface area (TPSA) is 148 Å². The van der Waals surface area contributed by atoms with Crippen LogP contribution in [0.1, 0.15) is 45.0 Å². The van der Waals surface area contributed by atoms with E-state index in [1.54, 1.807) is 36.6 Å². The summed E-state index contributed by atoms with van der Waals surface area (Å²) in [5.74, 6) is 1.33. The van der Waals surface area contributed by atoms with Crippen LogP contribution in [0, 0.1) is 5.92 Å². The van der Waals surface area contributed by atoms with Crippen LogP contribution in [-0.4, -0.2) is 54.4 Å². The van der Waals surface area contributed by atoms with Crippen molar-refractivity contribution in [3.63, 3.8) is 0 Å². The molecule has 4 rings (SSSR count). The smallest absolute Gasteiger partial charge is 0.261 e. The number of ketones is 1. The summed E-state index contributed by atoms with van der Waals surface area (Å²) in [5.41, 5.74) is 8.14. The quantitative estimate of drug-likeness (QED) is 0.310. The minimum Gasteiger partial charge on any atom is -0.385 e. The van der Waals surface area contributed by atoms with E-state index in [0.29, 0.717) is 36.7 Å². The van der Waals surface area contributed by atoms with E-state index in [2.05, 4.69) is 46.0 Å². The summed E-state index contributed by atoms with van der Waals surface area (Å²) in [7, 11) is 1.62. The highest BCUT2D eigenvalue weighted by molar-refractivity contribution is 5.78. The number of carbonyl (C=O) groups is 1. The Balaban J connectivity index is 1.54. The Morgan fingerprint density at radius 3 is 2.58 bits per heavy atom. The number of nitrogens with zero attached hydrogens (tertiary/aromatic N) is 7. The number of hydrogen-bond acceptors (Lipinski definition) is 10. The molecule has 11 nitrogen and oxygen atoms in total. The second-order valence-electron chi connectivity index (χ2n) is 9.10. The molecule has 0 spiro atoms. The fourth-order valence-electron chi connectivity index (χ4n) is 3.85. The number of carbonyl (C=O) groups excluding carboxylic acids is 1. The lowest BCUT2D eigenvalue weighted by molar-refractivity contribution is -0.120. The molecule has 36 heavy (non-hydrogen) atoms. The van der Waals surface area contributed by atoms with E-state index in [4.69, 9.17) is 20.0 Å². The number of Topliss-reactive ketones (excluding diaryl/α,β-unsaturated/α-hetero) is 1. The predicted molar refractivity (Wildman–Crippen MR) is 133 cm³/mol. The van der Waals surface area contributed by atoms with Crippen LogP contribution in [0.5, 0.6) is 0 Å². The zero-order valence-electron chi connectivity index (χ0n) is 20.9. The third-order valence-electron chi connectivity index (χ3n) is 6.40. The van der Waals surface area contributed by atoms with Crippen LogP contribution in [0.3, 0.4) is 0 Å². The summed E-state index contributed by atoms with van der Waals surface area (Å²) in [4.78, 5) is 29.5. The fraction of sp³-hybridized carbons (Fsp3) is 0.400. The second kappa shape index (κ2) is 10.7. The number of methoxy groups -OCH3 is 1. The molecule has 0 aliphatic heterocycles. The molecule has 4 aromatic rings. The molecule has 0 fully saturated rings. The molecule has 188 valence electrons. The van der Waals surface area contributed by atoms with Crippen LogP contribution >= 0.6 is 0 Å². The van der Waals surface area contributed by atoms with Crippen LogP contribution in [0.25, 0.3) is 22.7 Å². The van der Waals surface area contributed by atoms with Gasteiger partial charge in [-0.2, -0.15) is 10.1 Å². The number of nitrogen functional groups attached to an aromatic ring is 1. The van der Waals surface area contributed by atoms with Gasteiger partial charge in [-0.1, -0.05) is 25.1 Å². The van der Waals surface area contributed by atoms with Gasteiger partial charge < -0.3 is 15.0 Å². The van der Waals surface area contributed by atoms with Crippen molar-refractivity contribution in [1.29, 1.82) is 0 Å². The number of anilines is 1. The minimum absolute atomic E-state index is 0.0850. The van der Waals surface area contributed by atoms with Crippen molar-refractivity contribution in [3.8, 4) is 22.7 Å². The third kappa shape index (κ3) is 5.30. The molecule has 4 aromatic heterocycles. The molecule has 0 bridgehead atoms. The Morgan fingerprint density at radius 1 is 1.14 bits per heavy atom. The largest absolute Gasteiger partial charge is 0.385 e. The van der Waals surface area contributed by atoms with Crippen molar-refractivity contribution in [2.75, 3.05) is 19.5 Å². The number of hydrogen-bond donors (Lipinski definition) is 1. The van der Waals surface area contributed by atoms with E-state index >= 15 is 0 Å². The van der Waals surface area contributed by atoms with Gasteiger partial charge in [0.1, 0.15) is 0 Å². The Morgan fingerprint density at radius 2 is 1.92 bits per heavy atom. The summed E-state index contributed by atoms with van der Waals surface area (Å²) in [6.07, 6.45) is 9.60. The molecule has 1 atom stereocenters. The van der Waals surface area contributed by atoms with E-state index in [0.717, 1.165) is 16.8 Å². The predicted octanol–water partition coefficient (Wildman–Crippen LogP) is 3.33. The monoisotopic (exact) mass is 490 g/mol. The first kappa shape index (κ1) is 25.1. The molecular weight excluding hydrogens is 460 g/mol. The van der Waals surface area contributed by atoms with Crippen LogP contribution < -0.4 is 5.73 Å². The number of rotatable bonds is 11. The Kier molecular flexibility index (Phi) is 7.49. The molecule has 4 heterocycles.